The van der Waals surface area contributed by atoms with Gasteiger partial charge in [0.1, 0.15) is 0 Å². The van der Waals surface area contributed by atoms with E-state index in [0.717, 1.165) is 23.8 Å². The molecule has 0 bridgehead atoms. The lowest BCUT2D eigenvalue weighted by molar-refractivity contribution is 0.495. The van der Waals surface area contributed by atoms with Crippen molar-refractivity contribution in [3.05, 3.63) is 56.8 Å². The monoisotopic (exact) mass is 279 g/mol. The van der Waals surface area contributed by atoms with Gasteiger partial charge in [-0.1, -0.05) is 12.1 Å². The molecule has 0 spiro atoms. The summed E-state index contributed by atoms with van der Waals surface area (Å²) in [6.45, 7) is 0. The summed E-state index contributed by atoms with van der Waals surface area (Å²) in [5.41, 5.74) is 7.67. The first-order valence-corrected chi connectivity index (χ1v) is 7.29. The van der Waals surface area contributed by atoms with Gasteiger partial charge in [0.25, 0.3) is 0 Å². The normalized spacial score (nSPS) is 16.2. The fourth-order valence-electron chi connectivity index (χ4n) is 2.58. The molecule has 0 radical (unpaired) electrons. The number of hydrogen-bond donors (Lipinski definition) is 1. The largest absolute Gasteiger partial charge is 0.320 e. The summed E-state index contributed by atoms with van der Waals surface area (Å²) >= 11 is 1.64. The zero-order chi connectivity index (χ0) is 13.4. The number of fused-ring (bicyclic) bond motifs is 1. The van der Waals surface area contributed by atoms with Crippen LogP contribution >= 0.6 is 11.3 Å². The first-order valence-electron chi connectivity index (χ1n) is 6.48. The van der Waals surface area contributed by atoms with Gasteiger partial charge in [0.05, 0.1) is 6.04 Å². The molecule has 19 heavy (non-hydrogen) atoms. The fourth-order valence-corrected chi connectivity index (χ4v) is 3.86. The van der Waals surface area contributed by atoms with Crippen molar-refractivity contribution in [2.24, 2.45) is 5.73 Å². The molecule has 1 aromatic heterocycles. The molecule has 3 rings (SSSR count). The van der Waals surface area contributed by atoms with Crippen molar-refractivity contribution >= 4 is 11.3 Å². The summed E-state index contributed by atoms with van der Waals surface area (Å²) in [6.07, 6.45) is 4.56. The van der Waals surface area contributed by atoms with Crippen LogP contribution in [-0.2, 0) is 12.8 Å². The molecule has 2 N–H and O–H groups in total. The highest BCUT2D eigenvalue weighted by molar-refractivity contribution is 7.12. The Morgan fingerprint density at radius 2 is 1.95 bits per heavy atom. The molecule has 0 saturated heterocycles. The molecule has 0 amide bonds. The Labute approximate surface area is 115 Å². The summed E-state index contributed by atoms with van der Waals surface area (Å²) in [5, 5.41) is 0. The number of aryl methyl sites for hydroxylation is 2. The molecule has 1 atom stereocenters. The van der Waals surface area contributed by atoms with Gasteiger partial charge in [-0.15, -0.1) is 11.3 Å². The van der Waals surface area contributed by atoms with E-state index in [1.165, 1.54) is 29.3 Å². The van der Waals surface area contributed by atoms with Crippen molar-refractivity contribution in [1.82, 2.24) is 0 Å². The molecule has 1 aromatic carbocycles. The molecule has 0 fully saturated rings. The van der Waals surface area contributed by atoms with Crippen molar-refractivity contribution in [1.29, 1.82) is 0 Å². The maximum atomic E-state index is 13.8. The molecule has 0 saturated carbocycles. The average molecular weight is 279 g/mol. The second-order valence-corrected chi connectivity index (χ2v) is 6.09. The van der Waals surface area contributed by atoms with Gasteiger partial charge in [-0.2, -0.15) is 0 Å². The molecule has 1 unspecified atom stereocenters. The number of benzene rings is 1. The molecular weight excluding hydrogens is 264 g/mol. The van der Waals surface area contributed by atoms with E-state index in [-0.39, 0.29) is 5.56 Å². The van der Waals surface area contributed by atoms with Gasteiger partial charge >= 0.3 is 0 Å². The minimum absolute atomic E-state index is 0.235. The van der Waals surface area contributed by atoms with E-state index < -0.39 is 17.7 Å². The zero-order valence-electron chi connectivity index (χ0n) is 10.5. The third-order valence-electron chi connectivity index (χ3n) is 3.64. The molecule has 1 nitrogen and oxygen atoms in total. The Kier molecular flexibility index (Phi) is 3.37. The van der Waals surface area contributed by atoms with Crippen LogP contribution in [0.3, 0.4) is 0 Å². The summed E-state index contributed by atoms with van der Waals surface area (Å²) < 4.78 is 27.0. The van der Waals surface area contributed by atoms with Crippen LogP contribution < -0.4 is 5.73 Å². The van der Waals surface area contributed by atoms with Crippen LogP contribution in [0.15, 0.2) is 24.3 Å². The zero-order valence-corrected chi connectivity index (χ0v) is 11.3. The van der Waals surface area contributed by atoms with Crippen molar-refractivity contribution in [3.63, 3.8) is 0 Å². The topological polar surface area (TPSA) is 26.0 Å². The van der Waals surface area contributed by atoms with Crippen LogP contribution in [0.1, 0.15) is 39.8 Å². The summed E-state index contributed by atoms with van der Waals surface area (Å²) in [4.78, 5) is 2.28. The third kappa shape index (κ3) is 2.30. The summed E-state index contributed by atoms with van der Waals surface area (Å²) in [5.74, 6) is -1.67. The highest BCUT2D eigenvalue weighted by Gasteiger charge is 2.21. The van der Waals surface area contributed by atoms with Crippen LogP contribution in [0.5, 0.6) is 0 Å². The predicted molar refractivity (Wildman–Crippen MR) is 73.3 cm³/mol. The van der Waals surface area contributed by atoms with Crippen LogP contribution in [0, 0.1) is 11.6 Å². The van der Waals surface area contributed by atoms with Crippen LogP contribution in [0.4, 0.5) is 8.78 Å². The number of thiophene rings is 1. The lowest BCUT2D eigenvalue weighted by Gasteiger charge is -2.11. The van der Waals surface area contributed by atoms with Crippen molar-refractivity contribution < 1.29 is 8.78 Å². The molecule has 4 heteroatoms. The molecular formula is C15H15F2NS. The van der Waals surface area contributed by atoms with E-state index in [9.17, 15) is 8.78 Å². The second kappa shape index (κ2) is 5.02. The van der Waals surface area contributed by atoms with Crippen LogP contribution in [0.25, 0.3) is 0 Å². The van der Waals surface area contributed by atoms with E-state index in [2.05, 4.69) is 6.07 Å². The predicted octanol–water partition coefficient (Wildman–Crippen LogP) is 3.95. The van der Waals surface area contributed by atoms with Gasteiger partial charge in [-0.05, 0) is 43.4 Å². The molecule has 1 aliphatic carbocycles. The summed E-state index contributed by atoms with van der Waals surface area (Å²) in [6, 6.07) is 5.66. The third-order valence-corrected chi connectivity index (χ3v) is 4.96. The molecule has 0 aliphatic heterocycles. The Hall–Kier alpha value is -1.26. The highest BCUT2D eigenvalue weighted by atomic mass is 32.1. The maximum absolute atomic E-state index is 13.8. The van der Waals surface area contributed by atoms with Crippen molar-refractivity contribution in [2.45, 2.75) is 31.7 Å². The quantitative estimate of drug-likeness (QED) is 0.885. The van der Waals surface area contributed by atoms with Gasteiger partial charge in [0, 0.05) is 15.3 Å². The average Bonchev–Trinajstić information content (AvgIpc) is 2.85. The summed E-state index contributed by atoms with van der Waals surface area (Å²) in [7, 11) is 0. The molecule has 2 aromatic rings. The van der Waals surface area contributed by atoms with E-state index in [1.807, 2.05) is 0 Å². The smallest absolute Gasteiger partial charge is 0.163 e. The first-order chi connectivity index (χ1) is 9.16. The van der Waals surface area contributed by atoms with Crippen LogP contribution in [0.2, 0.25) is 0 Å². The van der Waals surface area contributed by atoms with Gasteiger partial charge in [0.15, 0.2) is 11.6 Å². The Morgan fingerprint density at radius 1 is 1.16 bits per heavy atom. The van der Waals surface area contributed by atoms with Gasteiger partial charge in [0.2, 0.25) is 0 Å². The number of halogens is 2. The molecule has 1 heterocycles. The fraction of sp³-hybridized carbons (Fsp3) is 0.333. The number of rotatable bonds is 2. The van der Waals surface area contributed by atoms with Crippen LogP contribution in [-0.4, -0.2) is 0 Å². The minimum Gasteiger partial charge on any atom is -0.320 e. The highest BCUT2D eigenvalue weighted by Crippen LogP contribution is 2.35. The van der Waals surface area contributed by atoms with Crippen molar-refractivity contribution in [2.75, 3.05) is 0 Å². The van der Waals surface area contributed by atoms with E-state index in [4.69, 9.17) is 5.73 Å². The lowest BCUT2D eigenvalue weighted by atomic mass is 9.98. The van der Waals surface area contributed by atoms with E-state index >= 15 is 0 Å². The Morgan fingerprint density at radius 3 is 2.74 bits per heavy atom. The first kappa shape index (κ1) is 12.8. The minimum atomic E-state index is -0.839. The SMILES string of the molecule is NC(c1cc2c(s1)CCCC2)c1cccc(F)c1F. The van der Waals surface area contributed by atoms with E-state index in [1.54, 1.807) is 17.4 Å². The lowest BCUT2D eigenvalue weighted by Crippen LogP contribution is -2.13. The van der Waals surface area contributed by atoms with Gasteiger partial charge in [-0.25, -0.2) is 8.78 Å². The number of hydrogen-bond acceptors (Lipinski definition) is 2. The van der Waals surface area contributed by atoms with E-state index in [0.29, 0.717) is 0 Å². The second-order valence-electron chi connectivity index (χ2n) is 4.93. The number of nitrogens with two attached hydrogens (primary N) is 1. The maximum Gasteiger partial charge on any atom is 0.163 e. The van der Waals surface area contributed by atoms with Crippen molar-refractivity contribution in [3.8, 4) is 0 Å². The standard InChI is InChI=1S/C15H15F2NS/c16-11-6-3-5-10(14(11)17)15(18)13-8-9-4-1-2-7-12(9)19-13/h3,5-6,8,15H,1-2,4,7,18H2. The Balaban J connectivity index is 1.97. The van der Waals surface area contributed by atoms with Gasteiger partial charge in [-0.3, -0.25) is 0 Å². The Bertz CT molecular complexity index is 583. The molecule has 1 aliphatic rings. The molecule has 100 valence electrons. The van der Waals surface area contributed by atoms with Gasteiger partial charge < -0.3 is 5.73 Å².